The van der Waals surface area contributed by atoms with Crippen LogP contribution in [0.3, 0.4) is 0 Å². The minimum atomic E-state index is -4.91. The van der Waals surface area contributed by atoms with Crippen molar-refractivity contribution in [3.63, 3.8) is 0 Å². The maximum Gasteiger partial charge on any atom is 0.433 e. The average Bonchev–Trinajstić information content (AvgIpc) is 3.28. The Labute approximate surface area is 239 Å². The number of carboxylic acid groups (broad SMARTS) is 1. The SMILES string of the molecule is CC1(C)C[C@H](C(CC(=O)c2c(Cl)cccc2Cl)NC(=O)c2cnn(C3CCC(C)(C(=O)O)CC3)c2C(F)(F)F)O1. The van der Waals surface area contributed by atoms with E-state index in [0.29, 0.717) is 6.42 Å². The standard InChI is InChI=1S/C27H30Cl2F3N3O5/c1-25(2)12-20(40-25)18(11-19(36)21-16(28)5-4-6-17(21)29)34-23(37)15-13-33-35(22(15)27(30,31)32)14-7-9-26(3,10-8-14)24(38)39/h4-6,13-14,18,20H,7-12H2,1-3H3,(H,34,37)(H,38,39)/t14?,18?,20-,26?/m1/s1. The number of hydrogen-bond acceptors (Lipinski definition) is 5. The number of Topliss-reactive ketones (excluding diaryl/α,β-unsaturated/α-hetero) is 1. The van der Waals surface area contributed by atoms with Crippen LogP contribution in [-0.2, 0) is 15.7 Å². The third-order valence-corrected chi connectivity index (χ3v) is 8.43. The van der Waals surface area contributed by atoms with Gasteiger partial charge in [-0.2, -0.15) is 18.3 Å². The van der Waals surface area contributed by atoms with E-state index in [1.54, 1.807) is 13.0 Å². The lowest BCUT2D eigenvalue weighted by atomic mass is 9.74. The van der Waals surface area contributed by atoms with E-state index >= 15 is 0 Å². The highest BCUT2D eigenvalue weighted by Gasteiger charge is 2.46. The summed E-state index contributed by atoms with van der Waals surface area (Å²) in [6.07, 6.45) is -3.85. The van der Waals surface area contributed by atoms with Crippen LogP contribution in [0.15, 0.2) is 24.4 Å². The number of carboxylic acids is 1. The Kier molecular flexibility index (Phi) is 8.33. The predicted octanol–water partition coefficient (Wildman–Crippen LogP) is 6.35. The van der Waals surface area contributed by atoms with Crippen LogP contribution >= 0.6 is 23.2 Å². The van der Waals surface area contributed by atoms with Crippen molar-refractivity contribution in [1.82, 2.24) is 15.1 Å². The number of rotatable bonds is 8. The fraction of sp³-hybridized carbons (Fsp3) is 0.556. The maximum atomic E-state index is 14.3. The van der Waals surface area contributed by atoms with Crippen LogP contribution in [0.5, 0.6) is 0 Å². The molecule has 218 valence electrons. The number of aliphatic carboxylic acids is 1. The number of ketones is 1. The number of carbonyl (C=O) groups is 3. The lowest BCUT2D eigenvalue weighted by molar-refractivity contribution is -0.194. The average molecular weight is 604 g/mol. The van der Waals surface area contributed by atoms with E-state index in [9.17, 15) is 32.7 Å². The van der Waals surface area contributed by atoms with Gasteiger partial charge in [0.25, 0.3) is 5.91 Å². The molecule has 2 heterocycles. The van der Waals surface area contributed by atoms with Gasteiger partial charge in [-0.25, -0.2) is 0 Å². The van der Waals surface area contributed by atoms with E-state index in [0.717, 1.165) is 10.9 Å². The molecular weight excluding hydrogens is 574 g/mol. The number of ether oxygens (including phenoxy) is 1. The van der Waals surface area contributed by atoms with Gasteiger partial charge >= 0.3 is 12.1 Å². The van der Waals surface area contributed by atoms with Gasteiger partial charge in [0.1, 0.15) is 0 Å². The Balaban J connectivity index is 1.59. The van der Waals surface area contributed by atoms with Gasteiger partial charge in [0.15, 0.2) is 11.5 Å². The summed E-state index contributed by atoms with van der Waals surface area (Å²) in [6, 6.07) is 2.87. The van der Waals surface area contributed by atoms with Gasteiger partial charge in [-0.05, 0) is 58.6 Å². The Morgan fingerprint density at radius 2 is 1.75 bits per heavy atom. The summed E-state index contributed by atoms with van der Waals surface area (Å²) >= 11 is 12.3. The molecule has 13 heteroatoms. The third-order valence-electron chi connectivity index (χ3n) is 7.80. The summed E-state index contributed by atoms with van der Waals surface area (Å²) < 4.78 is 49.5. The first kappa shape index (κ1) is 30.3. The van der Waals surface area contributed by atoms with Crippen LogP contribution in [0.1, 0.15) is 91.7 Å². The Bertz CT molecular complexity index is 1290. The number of halogens is 5. The van der Waals surface area contributed by atoms with E-state index in [1.807, 2.05) is 13.8 Å². The monoisotopic (exact) mass is 603 g/mol. The van der Waals surface area contributed by atoms with E-state index in [1.165, 1.54) is 12.1 Å². The molecule has 1 aromatic heterocycles. The smallest absolute Gasteiger partial charge is 0.433 e. The quantitative estimate of drug-likeness (QED) is 0.340. The number of benzene rings is 1. The summed E-state index contributed by atoms with van der Waals surface area (Å²) in [5.74, 6) is -2.55. The minimum Gasteiger partial charge on any atom is -0.481 e. The molecular formula is C27H30Cl2F3N3O5. The summed E-state index contributed by atoms with van der Waals surface area (Å²) in [5, 5.41) is 16.2. The topological polar surface area (TPSA) is 111 Å². The van der Waals surface area contributed by atoms with Gasteiger partial charge < -0.3 is 15.2 Å². The zero-order chi connectivity index (χ0) is 29.6. The molecule has 2 N–H and O–H groups in total. The van der Waals surface area contributed by atoms with Gasteiger partial charge in [0.2, 0.25) is 0 Å². The maximum absolute atomic E-state index is 14.3. The molecule has 1 amide bonds. The third kappa shape index (κ3) is 6.16. The highest BCUT2D eigenvalue weighted by atomic mass is 35.5. The van der Waals surface area contributed by atoms with Gasteiger partial charge in [-0.3, -0.25) is 19.1 Å². The highest BCUT2D eigenvalue weighted by Crippen LogP contribution is 2.43. The molecule has 0 spiro atoms. The Hall–Kier alpha value is -2.63. The molecule has 8 nitrogen and oxygen atoms in total. The molecule has 1 aliphatic carbocycles. The van der Waals surface area contributed by atoms with Gasteiger partial charge in [0.05, 0.1) is 56.6 Å². The van der Waals surface area contributed by atoms with E-state index in [4.69, 9.17) is 27.9 Å². The number of nitrogens with one attached hydrogen (secondary N) is 1. The molecule has 0 radical (unpaired) electrons. The number of nitrogens with zero attached hydrogens (tertiary/aromatic N) is 2. The molecule has 2 fully saturated rings. The summed E-state index contributed by atoms with van der Waals surface area (Å²) in [6.45, 7) is 5.21. The second kappa shape index (κ2) is 11.0. The van der Waals surface area contributed by atoms with Crippen LogP contribution in [0, 0.1) is 5.41 Å². The molecule has 2 atom stereocenters. The fourth-order valence-corrected chi connectivity index (χ4v) is 6.09. The second-order valence-corrected chi connectivity index (χ2v) is 12.2. The first-order valence-corrected chi connectivity index (χ1v) is 13.6. The zero-order valence-corrected chi connectivity index (χ0v) is 23.7. The van der Waals surface area contributed by atoms with Crippen molar-refractivity contribution in [1.29, 1.82) is 0 Å². The van der Waals surface area contributed by atoms with E-state index in [2.05, 4.69) is 10.4 Å². The molecule has 1 aromatic carbocycles. The van der Waals surface area contributed by atoms with E-state index in [-0.39, 0.29) is 47.7 Å². The lowest BCUT2D eigenvalue weighted by Gasteiger charge is -2.46. The molecule has 2 aliphatic rings. The Morgan fingerprint density at radius 1 is 1.18 bits per heavy atom. The van der Waals surface area contributed by atoms with Crippen LogP contribution < -0.4 is 5.32 Å². The van der Waals surface area contributed by atoms with Crippen molar-refractivity contribution in [2.45, 2.75) is 89.3 Å². The van der Waals surface area contributed by atoms with Gasteiger partial charge in [0, 0.05) is 12.8 Å². The first-order chi connectivity index (χ1) is 18.5. The largest absolute Gasteiger partial charge is 0.481 e. The molecule has 0 bridgehead atoms. The minimum absolute atomic E-state index is 0.0538. The van der Waals surface area contributed by atoms with Gasteiger partial charge in [-0.1, -0.05) is 29.3 Å². The van der Waals surface area contributed by atoms with Crippen molar-refractivity contribution >= 4 is 40.9 Å². The number of hydrogen-bond donors (Lipinski definition) is 2. The van der Waals surface area contributed by atoms with Crippen LogP contribution in [0.4, 0.5) is 13.2 Å². The van der Waals surface area contributed by atoms with Crippen LogP contribution in [0.25, 0.3) is 0 Å². The number of alkyl halides is 3. The van der Waals surface area contributed by atoms with Gasteiger partial charge in [-0.15, -0.1) is 0 Å². The summed E-state index contributed by atoms with van der Waals surface area (Å²) in [4.78, 5) is 38.0. The summed E-state index contributed by atoms with van der Waals surface area (Å²) in [7, 11) is 0. The molecule has 1 saturated carbocycles. The number of carbonyl (C=O) groups excluding carboxylic acids is 2. The molecule has 1 saturated heterocycles. The molecule has 1 aliphatic heterocycles. The fourth-order valence-electron chi connectivity index (χ4n) is 5.48. The zero-order valence-electron chi connectivity index (χ0n) is 22.1. The Morgan fingerprint density at radius 3 is 2.25 bits per heavy atom. The highest BCUT2D eigenvalue weighted by molar-refractivity contribution is 6.39. The molecule has 40 heavy (non-hydrogen) atoms. The van der Waals surface area contributed by atoms with Crippen molar-refractivity contribution in [2.75, 3.05) is 0 Å². The number of aromatic nitrogens is 2. The van der Waals surface area contributed by atoms with Crippen molar-refractivity contribution in [3.05, 3.63) is 51.3 Å². The molecule has 1 unspecified atom stereocenters. The van der Waals surface area contributed by atoms with Crippen LogP contribution in [0.2, 0.25) is 10.0 Å². The summed E-state index contributed by atoms with van der Waals surface area (Å²) in [5.41, 5.74) is -3.40. The first-order valence-electron chi connectivity index (χ1n) is 12.9. The van der Waals surface area contributed by atoms with E-state index < -0.39 is 64.3 Å². The lowest BCUT2D eigenvalue weighted by Crippen LogP contribution is -2.57. The predicted molar refractivity (Wildman–Crippen MR) is 141 cm³/mol. The molecule has 4 rings (SSSR count). The van der Waals surface area contributed by atoms with Crippen LogP contribution in [-0.4, -0.2) is 50.3 Å². The second-order valence-electron chi connectivity index (χ2n) is 11.4. The van der Waals surface area contributed by atoms with Crippen molar-refractivity contribution in [3.8, 4) is 0 Å². The normalized spacial score (nSPS) is 25.1. The van der Waals surface area contributed by atoms with Crippen molar-refractivity contribution in [2.24, 2.45) is 5.41 Å². The molecule has 2 aromatic rings. The number of amides is 1. The van der Waals surface area contributed by atoms with Crippen molar-refractivity contribution < 1.29 is 37.4 Å².